The molecule has 0 aliphatic rings. The van der Waals surface area contributed by atoms with Gasteiger partial charge in [0.05, 0.1) is 11.0 Å². The largest absolute Gasteiger partial charge is 0.480 e. The average molecular weight is 277 g/mol. The van der Waals surface area contributed by atoms with Crippen molar-refractivity contribution in [1.82, 2.24) is 5.16 Å². The molecule has 0 saturated carbocycles. The summed E-state index contributed by atoms with van der Waals surface area (Å²) >= 11 is 1.32. The van der Waals surface area contributed by atoms with E-state index in [-0.39, 0.29) is 0 Å². The molecule has 1 heterocycles. The smallest absolute Gasteiger partial charge is 0.316 e. The third kappa shape index (κ3) is 3.61. The van der Waals surface area contributed by atoms with E-state index in [4.69, 9.17) is 9.63 Å². The summed E-state index contributed by atoms with van der Waals surface area (Å²) in [5, 5.41) is 12.4. The Morgan fingerprint density at radius 2 is 2.11 bits per heavy atom. The van der Waals surface area contributed by atoms with Gasteiger partial charge in [0.1, 0.15) is 11.5 Å². The number of nitrogens with zero attached hydrogens (tertiary/aromatic N) is 1. The zero-order valence-corrected chi connectivity index (χ0v) is 11.6. The van der Waals surface area contributed by atoms with Crippen LogP contribution in [-0.4, -0.2) is 21.5 Å². The maximum absolute atomic E-state index is 10.7. The van der Waals surface area contributed by atoms with Crippen LogP contribution < -0.4 is 0 Å². The molecule has 1 atom stereocenters. The number of benzene rings is 1. The van der Waals surface area contributed by atoms with Crippen LogP contribution in [0.4, 0.5) is 0 Å². The van der Waals surface area contributed by atoms with E-state index in [9.17, 15) is 4.79 Å². The predicted octanol–water partition coefficient (Wildman–Crippen LogP) is 3.36. The molecule has 1 unspecified atom stereocenters. The van der Waals surface area contributed by atoms with Crippen LogP contribution in [0.2, 0.25) is 0 Å². The van der Waals surface area contributed by atoms with Gasteiger partial charge in [-0.25, -0.2) is 0 Å². The van der Waals surface area contributed by atoms with Gasteiger partial charge < -0.3 is 9.63 Å². The second kappa shape index (κ2) is 5.93. The Morgan fingerprint density at radius 1 is 1.42 bits per heavy atom. The van der Waals surface area contributed by atoms with Gasteiger partial charge in [0.15, 0.2) is 0 Å². The number of rotatable bonds is 5. The summed E-state index contributed by atoms with van der Waals surface area (Å²) in [6.45, 7) is 3.69. The number of carbonyl (C=O) groups is 1. The zero-order valence-electron chi connectivity index (χ0n) is 10.8. The number of thioether (sulfide) groups is 1. The van der Waals surface area contributed by atoms with Crippen molar-refractivity contribution in [3.8, 4) is 11.3 Å². The van der Waals surface area contributed by atoms with Crippen molar-refractivity contribution >= 4 is 17.7 Å². The van der Waals surface area contributed by atoms with Gasteiger partial charge in [-0.2, -0.15) is 0 Å². The monoisotopic (exact) mass is 277 g/mol. The van der Waals surface area contributed by atoms with Crippen LogP contribution in [0.3, 0.4) is 0 Å². The molecule has 100 valence electrons. The fourth-order valence-electron chi connectivity index (χ4n) is 1.52. The fraction of sp³-hybridized carbons (Fsp3) is 0.286. The standard InChI is InChI=1S/C14H15NO3S/c1-9-3-5-11(6-4-9)13-7-12(18-15-13)8-19-10(2)14(16)17/h3-7,10H,8H2,1-2H3,(H,16,17). The zero-order chi connectivity index (χ0) is 13.8. The molecule has 5 heteroatoms. The molecular weight excluding hydrogens is 262 g/mol. The highest BCUT2D eigenvalue weighted by molar-refractivity contribution is 7.99. The van der Waals surface area contributed by atoms with Crippen molar-refractivity contribution in [2.24, 2.45) is 0 Å². The van der Waals surface area contributed by atoms with Crippen molar-refractivity contribution in [2.45, 2.75) is 24.9 Å². The molecular formula is C14H15NO3S. The Labute approximate surface area is 115 Å². The number of carboxylic acids is 1. The molecule has 0 saturated heterocycles. The predicted molar refractivity (Wildman–Crippen MR) is 75.1 cm³/mol. The molecule has 19 heavy (non-hydrogen) atoms. The first-order valence-corrected chi connectivity index (χ1v) is 6.98. The van der Waals surface area contributed by atoms with Crippen LogP contribution in [0, 0.1) is 6.92 Å². The highest BCUT2D eigenvalue weighted by atomic mass is 32.2. The topological polar surface area (TPSA) is 63.3 Å². The normalized spacial score (nSPS) is 12.3. The molecule has 1 aromatic heterocycles. The lowest BCUT2D eigenvalue weighted by atomic mass is 10.1. The van der Waals surface area contributed by atoms with Crippen LogP contribution in [-0.2, 0) is 10.5 Å². The first-order valence-electron chi connectivity index (χ1n) is 5.93. The lowest BCUT2D eigenvalue weighted by Gasteiger charge is -2.02. The Balaban J connectivity index is 2.03. The van der Waals surface area contributed by atoms with Gasteiger partial charge in [-0.15, -0.1) is 11.8 Å². The minimum absolute atomic E-state index is 0.451. The third-order valence-electron chi connectivity index (χ3n) is 2.73. The highest BCUT2D eigenvalue weighted by Crippen LogP contribution is 2.23. The van der Waals surface area contributed by atoms with Gasteiger partial charge in [0.2, 0.25) is 0 Å². The van der Waals surface area contributed by atoms with Crippen molar-refractivity contribution in [3.63, 3.8) is 0 Å². The van der Waals surface area contributed by atoms with Crippen molar-refractivity contribution in [2.75, 3.05) is 0 Å². The Hall–Kier alpha value is -1.75. The minimum Gasteiger partial charge on any atom is -0.480 e. The Kier molecular flexibility index (Phi) is 4.27. The summed E-state index contributed by atoms with van der Waals surface area (Å²) in [5.41, 5.74) is 2.97. The summed E-state index contributed by atoms with van der Waals surface area (Å²) in [6.07, 6.45) is 0. The number of hydrogen-bond donors (Lipinski definition) is 1. The highest BCUT2D eigenvalue weighted by Gasteiger charge is 2.13. The van der Waals surface area contributed by atoms with Crippen LogP contribution in [0.25, 0.3) is 11.3 Å². The van der Waals surface area contributed by atoms with Crippen LogP contribution in [0.15, 0.2) is 34.9 Å². The minimum atomic E-state index is -0.816. The lowest BCUT2D eigenvalue weighted by molar-refractivity contribution is -0.136. The Morgan fingerprint density at radius 3 is 2.74 bits per heavy atom. The summed E-state index contributed by atoms with van der Waals surface area (Å²) < 4.78 is 5.22. The molecule has 2 rings (SSSR count). The van der Waals surface area contributed by atoms with Crippen molar-refractivity contribution < 1.29 is 14.4 Å². The molecule has 2 aromatic rings. The van der Waals surface area contributed by atoms with E-state index in [0.29, 0.717) is 11.5 Å². The molecule has 0 amide bonds. The summed E-state index contributed by atoms with van der Waals surface area (Å²) in [4.78, 5) is 10.7. The summed E-state index contributed by atoms with van der Waals surface area (Å²) in [7, 11) is 0. The molecule has 0 bridgehead atoms. The van der Waals surface area contributed by atoms with E-state index in [1.54, 1.807) is 6.92 Å². The number of aryl methyl sites for hydroxylation is 1. The van der Waals surface area contributed by atoms with Gasteiger partial charge in [-0.05, 0) is 13.8 Å². The van der Waals surface area contributed by atoms with Gasteiger partial charge >= 0.3 is 5.97 Å². The second-order valence-corrected chi connectivity index (χ2v) is 5.67. The first kappa shape index (κ1) is 13.7. The number of aromatic nitrogens is 1. The van der Waals surface area contributed by atoms with Crippen molar-refractivity contribution in [3.05, 3.63) is 41.7 Å². The molecule has 0 radical (unpaired) electrons. The van der Waals surface area contributed by atoms with Gasteiger partial charge in [-0.3, -0.25) is 4.79 Å². The molecule has 0 fully saturated rings. The average Bonchev–Trinajstić information content (AvgIpc) is 2.85. The van der Waals surface area contributed by atoms with Crippen LogP contribution in [0.1, 0.15) is 18.2 Å². The SMILES string of the molecule is Cc1ccc(-c2cc(CSC(C)C(=O)O)on2)cc1. The van der Waals surface area contributed by atoms with E-state index in [1.165, 1.54) is 17.3 Å². The van der Waals surface area contributed by atoms with Crippen LogP contribution in [0.5, 0.6) is 0 Å². The van der Waals surface area contributed by atoms with Crippen molar-refractivity contribution in [1.29, 1.82) is 0 Å². The molecule has 0 aliphatic heterocycles. The maximum atomic E-state index is 10.7. The fourth-order valence-corrected chi connectivity index (χ4v) is 2.21. The number of hydrogen-bond acceptors (Lipinski definition) is 4. The van der Waals surface area contributed by atoms with Gasteiger partial charge in [0.25, 0.3) is 0 Å². The lowest BCUT2D eigenvalue weighted by Crippen LogP contribution is -2.11. The van der Waals surface area contributed by atoms with Gasteiger partial charge in [-0.1, -0.05) is 35.0 Å². The van der Waals surface area contributed by atoms with Crippen LogP contribution >= 0.6 is 11.8 Å². The quantitative estimate of drug-likeness (QED) is 0.908. The molecule has 1 N–H and O–H groups in total. The number of aliphatic carboxylic acids is 1. The van der Waals surface area contributed by atoms with E-state index >= 15 is 0 Å². The first-order chi connectivity index (χ1) is 9.06. The summed E-state index contributed by atoms with van der Waals surface area (Å²) in [5.74, 6) is 0.378. The van der Waals surface area contributed by atoms with E-state index in [2.05, 4.69) is 5.16 Å². The van der Waals surface area contributed by atoms with Gasteiger partial charge in [0, 0.05) is 11.6 Å². The molecule has 1 aromatic carbocycles. The molecule has 0 spiro atoms. The van der Waals surface area contributed by atoms with E-state index in [0.717, 1.165) is 11.3 Å². The Bertz CT molecular complexity index is 562. The molecule has 4 nitrogen and oxygen atoms in total. The molecule has 0 aliphatic carbocycles. The third-order valence-corrected chi connectivity index (χ3v) is 3.88. The second-order valence-electron chi connectivity index (χ2n) is 4.34. The maximum Gasteiger partial charge on any atom is 0.316 e. The van der Waals surface area contributed by atoms with E-state index < -0.39 is 11.2 Å². The van der Waals surface area contributed by atoms with E-state index in [1.807, 2.05) is 37.3 Å². The summed E-state index contributed by atoms with van der Waals surface area (Å²) in [6, 6.07) is 9.87. The number of carboxylic acid groups (broad SMARTS) is 1.